The van der Waals surface area contributed by atoms with Crippen LogP contribution in [0, 0.1) is 0 Å². The standard InChI is InChI=1S/C8H8BrClFN/c9-7-2-1-5(10)3-6(7)8(12)4-11/h1-3,8H,4,12H2/t8-/m0/s1. The molecule has 0 aliphatic heterocycles. The molecule has 0 saturated carbocycles. The van der Waals surface area contributed by atoms with Gasteiger partial charge in [-0.25, -0.2) is 4.39 Å². The molecule has 0 saturated heterocycles. The largest absolute Gasteiger partial charge is 0.322 e. The van der Waals surface area contributed by atoms with Crippen LogP contribution in [0.15, 0.2) is 22.7 Å². The van der Waals surface area contributed by atoms with Crippen molar-refractivity contribution in [3.63, 3.8) is 0 Å². The minimum Gasteiger partial charge on any atom is -0.322 e. The molecule has 0 fully saturated rings. The lowest BCUT2D eigenvalue weighted by molar-refractivity contribution is 0.436. The van der Waals surface area contributed by atoms with E-state index in [9.17, 15) is 4.39 Å². The Hall–Kier alpha value is -0.120. The number of benzene rings is 1. The molecule has 0 amide bonds. The molecule has 0 aromatic heterocycles. The number of alkyl halides is 1. The summed E-state index contributed by atoms with van der Waals surface area (Å²) < 4.78 is 13.0. The van der Waals surface area contributed by atoms with Crippen molar-refractivity contribution in [3.05, 3.63) is 33.3 Å². The molecule has 0 radical (unpaired) electrons. The maximum atomic E-state index is 12.2. The van der Waals surface area contributed by atoms with Gasteiger partial charge in [0, 0.05) is 9.50 Å². The first-order chi connectivity index (χ1) is 5.65. The third-order valence-electron chi connectivity index (χ3n) is 1.52. The van der Waals surface area contributed by atoms with Gasteiger partial charge in [0.1, 0.15) is 6.67 Å². The summed E-state index contributed by atoms with van der Waals surface area (Å²) in [5.41, 5.74) is 6.20. The fourth-order valence-electron chi connectivity index (χ4n) is 0.882. The summed E-state index contributed by atoms with van der Waals surface area (Å²) in [5.74, 6) is 0. The maximum absolute atomic E-state index is 12.2. The number of hydrogen-bond donors (Lipinski definition) is 1. The highest BCUT2D eigenvalue weighted by Crippen LogP contribution is 2.25. The fourth-order valence-corrected chi connectivity index (χ4v) is 1.60. The van der Waals surface area contributed by atoms with Gasteiger partial charge < -0.3 is 5.73 Å². The lowest BCUT2D eigenvalue weighted by atomic mass is 10.1. The molecule has 0 spiro atoms. The molecule has 66 valence electrons. The Morgan fingerprint density at radius 3 is 2.83 bits per heavy atom. The van der Waals surface area contributed by atoms with Crippen LogP contribution in [0.5, 0.6) is 0 Å². The highest BCUT2D eigenvalue weighted by atomic mass is 79.9. The maximum Gasteiger partial charge on any atom is 0.109 e. The van der Waals surface area contributed by atoms with E-state index in [1.54, 1.807) is 18.2 Å². The van der Waals surface area contributed by atoms with Crippen LogP contribution in [0.3, 0.4) is 0 Å². The molecule has 0 aliphatic carbocycles. The van der Waals surface area contributed by atoms with Gasteiger partial charge >= 0.3 is 0 Å². The number of nitrogens with two attached hydrogens (primary N) is 1. The van der Waals surface area contributed by atoms with E-state index in [1.165, 1.54) is 0 Å². The molecule has 12 heavy (non-hydrogen) atoms. The Balaban J connectivity index is 3.04. The number of hydrogen-bond acceptors (Lipinski definition) is 1. The monoisotopic (exact) mass is 251 g/mol. The van der Waals surface area contributed by atoms with Crippen molar-refractivity contribution in [2.45, 2.75) is 6.04 Å². The second-order valence-corrected chi connectivity index (χ2v) is 3.72. The van der Waals surface area contributed by atoms with Crippen molar-refractivity contribution >= 4 is 27.5 Å². The highest BCUT2D eigenvalue weighted by molar-refractivity contribution is 9.10. The molecule has 1 rings (SSSR count). The summed E-state index contributed by atoms with van der Waals surface area (Å²) in [7, 11) is 0. The van der Waals surface area contributed by atoms with Crippen molar-refractivity contribution in [3.8, 4) is 0 Å². The average molecular weight is 253 g/mol. The first kappa shape index (κ1) is 9.96. The summed E-state index contributed by atoms with van der Waals surface area (Å²) in [6.45, 7) is -0.584. The number of rotatable bonds is 2. The molecule has 0 unspecified atom stereocenters. The van der Waals surface area contributed by atoms with Crippen LogP contribution < -0.4 is 5.73 Å². The Morgan fingerprint density at radius 2 is 2.25 bits per heavy atom. The van der Waals surface area contributed by atoms with Gasteiger partial charge in [0.2, 0.25) is 0 Å². The first-order valence-electron chi connectivity index (χ1n) is 3.41. The zero-order chi connectivity index (χ0) is 9.14. The van der Waals surface area contributed by atoms with Gasteiger partial charge in [-0.3, -0.25) is 0 Å². The van der Waals surface area contributed by atoms with Crippen LogP contribution in [0.25, 0.3) is 0 Å². The van der Waals surface area contributed by atoms with E-state index in [1.807, 2.05) is 0 Å². The van der Waals surface area contributed by atoms with Gasteiger partial charge in [-0.15, -0.1) is 0 Å². The molecule has 1 aromatic rings. The lowest BCUT2D eigenvalue weighted by Crippen LogP contribution is -2.12. The van der Waals surface area contributed by atoms with E-state index in [-0.39, 0.29) is 0 Å². The van der Waals surface area contributed by atoms with Crippen LogP contribution >= 0.6 is 27.5 Å². The molecular formula is C8H8BrClFN. The van der Waals surface area contributed by atoms with Crippen LogP contribution in [0.2, 0.25) is 5.02 Å². The van der Waals surface area contributed by atoms with E-state index in [4.69, 9.17) is 17.3 Å². The van der Waals surface area contributed by atoms with Crippen LogP contribution in [0.4, 0.5) is 4.39 Å². The molecule has 0 heterocycles. The second kappa shape index (κ2) is 4.21. The predicted octanol–water partition coefficient (Wildman–Crippen LogP) is 3.07. The van der Waals surface area contributed by atoms with Crippen molar-refractivity contribution in [1.82, 2.24) is 0 Å². The van der Waals surface area contributed by atoms with E-state index in [2.05, 4.69) is 15.9 Å². The van der Waals surface area contributed by atoms with Gasteiger partial charge in [0.05, 0.1) is 6.04 Å². The quantitative estimate of drug-likeness (QED) is 0.860. The van der Waals surface area contributed by atoms with Crippen LogP contribution in [-0.4, -0.2) is 6.67 Å². The van der Waals surface area contributed by atoms with Crippen molar-refractivity contribution in [2.75, 3.05) is 6.67 Å². The van der Waals surface area contributed by atoms with E-state index in [0.717, 1.165) is 4.47 Å². The Kier molecular flexibility index (Phi) is 3.50. The van der Waals surface area contributed by atoms with Gasteiger partial charge in [-0.1, -0.05) is 27.5 Å². The summed E-state index contributed by atoms with van der Waals surface area (Å²) in [4.78, 5) is 0. The molecule has 0 bridgehead atoms. The summed E-state index contributed by atoms with van der Waals surface area (Å²) in [6.07, 6.45) is 0. The molecule has 0 aliphatic rings. The average Bonchev–Trinajstić information content (AvgIpc) is 2.08. The zero-order valence-electron chi connectivity index (χ0n) is 6.23. The van der Waals surface area contributed by atoms with E-state index < -0.39 is 12.7 Å². The van der Waals surface area contributed by atoms with Crippen molar-refractivity contribution in [1.29, 1.82) is 0 Å². The molecule has 1 nitrogen and oxygen atoms in total. The minimum atomic E-state index is -0.599. The third-order valence-corrected chi connectivity index (χ3v) is 2.48. The smallest absolute Gasteiger partial charge is 0.109 e. The van der Waals surface area contributed by atoms with Crippen LogP contribution in [0.1, 0.15) is 11.6 Å². The summed E-state index contributed by atoms with van der Waals surface area (Å²) >= 11 is 8.99. The van der Waals surface area contributed by atoms with Gasteiger partial charge in [0.25, 0.3) is 0 Å². The van der Waals surface area contributed by atoms with Gasteiger partial charge in [-0.05, 0) is 23.8 Å². The topological polar surface area (TPSA) is 26.0 Å². The van der Waals surface area contributed by atoms with Crippen molar-refractivity contribution in [2.24, 2.45) is 5.73 Å². The second-order valence-electron chi connectivity index (χ2n) is 2.43. The Labute approximate surface area is 83.8 Å². The molecule has 1 atom stereocenters. The van der Waals surface area contributed by atoms with Crippen LogP contribution in [-0.2, 0) is 0 Å². The fraction of sp³-hybridized carbons (Fsp3) is 0.250. The number of halogens is 3. The third kappa shape index (κ3) is 2.19. The highest BCUT2D eigenvalue weighted by Gasteiger charge is 2.09. The molecule has 4 heteroatoms. The van der Waals surface area contributed by atoms with Gasteiger partial charge in [-0.2, -0.15) is 0 Å². The first-order valence-corrected chi connectivity index (χ1v) is 4.58. The summed E-state index contributed by atoms with van der Waals surface area (Å²) in [6, 6.07) is 4.54. The summed E-state index contributed by atoms with van der Waals surface area (Å²) in [5, 5.41) is 0.567. The Bertz CT molecular complexity index is 280. The predicted molar refractivity (Wildman–Crippen MR) is 52.1 cm³/mol. The normalized spacial score (nSPS) is 13.0. The van der Waals surface area contributed by atoms with Gasteiger partial charge in [0.15, 0.2) is 0 Å². The molecule has 1 aromatic carbocycles. The zero-order valence-corrected chi connectivity index (χ0v) is 8.57. The van der Waals surface area contributed by atoms with E-state index in [0.29, 0.717) is 10.6 Å². The molecular weight excluding hydrogens is 244 g/mol. The minimum absolute atomic E-state index is 0.567. The lowest BCUT2D eigenvalue weighted by Gasteiger charge is -2.09. The Morgan fingerprint density at radius 1 is 1.58 bits per heavy atom. The van der Waals surface area contributed by atoms with Crippen molar-refractivity contribution < 1.29 is 4.39 Å². The van der Waals surface area contributed by atoms with E-state index >= 15 is 0 Å². The molecule has 2 N–H and O–H groups in total. The SMILES string of the molecule is N[C@@H](CF)c1cc(Cl)ccc1Br.